The van der Waals surface area contributed by atoms with Crippen LogP contribution in [-0.2, 0) is 9.53 Å². The van der Waals surface area contributed by atoms with Crippen molar-refractivity contribution in [2.75, 3.05) is 19.7 Å². The number of nitrogens with zero attached hydrogens (tertiary/aromatic N) is 3. The third kappa shape index (κ3) is 3.98. The summed E-state index contributed by atoms with van der Waals surface area (Å²) in [6.45, 7) is 3.58. The Morgan fingerprint density at radius 3 is 2.70 bits per heavy atom. The summed E-state index contributed by atoms with van der Waals surface area (Å²) in [5.41, 5.74) is 1.95. The number of carbonyl (C=O) groups excluding carboxylic acids is 1. The molecule has 0 saturated carbocycles. The molecule has 3 aromatic rings. The number of aromatic hydroxyl groups is 1. The fraction of sp³-hybridized carbons (Fsp3) is 0.348. The van der Waals surface area contributed by atoms with Gasteiger partial charge in [-0.05, 0) is 63.2 Å². The number of likely N-dealkylation sites (tertiary alicyclic amines) is 1. The maximum Gasteiger partial charge on any atom is 0.309 e. The lowest BCUT2D eigenvalue weighted by molar-refractivity contribution is -0.149. The van der Waals surface area contributed by atoms with Gasteiger partial charge < -0.3 is 9.84 Å². The SMILES string of the molecule is CCOC(=O)C1CCN([C@H](c2ccccn2)c2cc(Cl)c3cccnc3c2O)CC1. The summed E-state index contributed by atoms with van der Waals surface area (Å²) in [5.74, 6) is -0.119. The molecule has 0 radical (unpaired) electrons. The predicted molar refractivity (Wildman–Crippen MR) is 115 cm³/mol. The first-order valence-corrected chi connectivity index (χ1v) is 10.6. The van der Waals surface area contributed by atoms with E-state index in [0.717, 1.165) is 5.69 Å². The molecule has 7 heteroatoms. The van der Waals surface area contributed by atoms with Gasteiger partial charge in [0.25, 0.3) is 0 Å². The van der Waals surface area contributed by atoms with E-state index < -0.39 is 0 Å². The lowest BCUT2D eigenvalue weighted by atomic mass is 9.92. The first-order valence-electron chi connectivity index (χ1n) is 10.2. The third-order valence-electron chi connectivity index (χ3n) is 5.62. The number of phenols is 1. The Morgan fingerprint density at radius 1 is 1.23 bits per heavy atom. The minimum atomic E-state index is -0.293. The summed E-state index contributed by atoms with van der Waals surface area (Å²) >= 11 is 6.55. The van der Waals surface area contributed by atoms with Crippen LogP contribution in [0, 0.1) is 5.92 Å². The van der Waals surface area contributed by atoms with Crippen LogP contribution in [0.5, 0.6) is 5.75 Å². The number of ether oxygens (including phenoxy) is 1. The largest absolute Gasteiger partial charge is 0.505 e. The highest BCUT2D eigenvalue weighted by Crippen LogP contribution is 2.41. The van der Waals surface area contributed by atoms with Crippen LogP contribution < -0.4 is 0 Å². The van der Waals surface area contributed by atoms with E-state index in [1.165, 1.54) is 0 Å². The highest BCUT2D eigenvalue weighted by molar-refractivity contribution is 6.35. The molecular formula is C23H24ClN3O3. The Kier molecular flexibility index (Phi) is 6.16. The lowest BCUT2D eigenvalue weighted by Gasteiger charge is -2.37. The molecule has 1 N–H and O–H groups in total. The Morgan fingerprint density at radius 2 is 2.00 bits per heavy atom. The summed E-state index contributed by atoms with van der Waals surface area (Å²) in [6.07, 6.45) is 4.78. The van der Waals surface area contributed by atoms with Crippen molar-refractivity contribution in [3.63, 3.8) is 0 Å². The highest BCUT2D eigenvalue weighted by atomic mass is 35.5. The number of hydrogen-bond acceptors (Lipinski definition) is 6. The molecule has 1 aliphatic rings. The molecule has 1 atom stereocenters. The Balaban J connectivity index is 1.72. The molecule has 0 aliphatic carbocycles. The second kappa shape index (κ2) is 8.98. The second-order valence-corrected chi connectivity index (χ2v) is 7.82. The van der Waals surface area contributed by atoms with Gasteiger partial charge in [-0.3, -0.25) is 19.7 Å². The number of halogens is 1. The number of hydrogen-bond donors (Lipinski definition) is 1. The fourth-order valence-electron chi connectivity index (χ4n) is 4.15. The smallest absolute Gasteiger partial charge is 0.309 e. The third-order valence-corrected chi connectivity index (χ3v) is 5.93. The normalized spacial score (nSPS) is 16.5. The molecule has 4 rings (SSSR count). The topological polar surface area (TPSA) is 75.5 Å². The molecule has 1 aliphatic heterocycles. The van der Waals surface area contributed by atoms with Crippen molar-refractivity contribution in [1.82, 2.24) is 14.9 Å². The van der Waals surface area contributed by atoms with Crippen molar-refractivity contribution in [3.8, 4) is 5.75 Å². The van der Waals surface area contributed by atoms with Gasteiger partial charge in [-0.1, -0.05) is 17.7 Å². The van der Waals surface area contributed by atoms with Crippen molar-refractivity contribution in [3.05, 3.63) is 65.1 Å². The van der Waals surface area contributed by atoms with Crippen LogP contribution in [0.2, 0.25) is 5.02 Å². The van der Waals surface area contributed by atoms with Crippen LogP contribution in [0.25, 0.3) is 10.9 Å². The van der Waals surface area contributed by atoms with Crippen molar-refractivity contribution < 1.29 is 14.6 Å². The molecular weight excluding hydrogens is 402 g/mol. The van der Waals surface area contributed by atoms with Crippen LogP contribution in [0.3, 0.4) is 0 Å². The van der Waals surface area contributed by atoms with Crippen LogP contribution in [0.1, 0.15) is 37.1 Å². The van der Waals surface area contributed by atoms with Crippen molar-refractivity contribution >= 4 is 28.5 Å². The molecule has 6 nitrogen and oxygen atoms in total. The van der Waals surface area contributed by atoms with E-state index in [1.807, 2.05) is 31.2 Å². The van der Waals surface area contributed by atoms with Gasteiger partial charge >= 0.3 is 5.97 Å². The zero-order valence-electron chi connectivity index (χ0n) is 16.8. The molecule has 156 valence electrons. The number of rotatable bonds is 5. The highest BCUT2D eigenvalue weighted by Gasteiger charge is 2.33. The average molecular weight is 426 g/mol. The van der Waals surface area contributed by atoms with Crippen LogP contribution in [-0.4, -0.2) is 45.6 Å². The number of piperidine rings is 1. The first-order chi connectivity index (χ1) is 14.6. The van der Waals surface area contributed by atoms with Crippen LogP contribution >= 0.6 is 11.6 Å². The molecule has 1 fully saturated rings. The number of phenolic OH excluding ortho intramolecular Hbond substituents is 1. The zero-order chi connectivity index (χ0) is 21.1. The first kappa shape index (κ1) is 20.6. The van der Waals surface area contributed by atoms with Gasteiger partial charge in [-0.2, -0.15) is 0 Å². The summed E-state index contributed by atoms with van der Waals surface area (Å²) in [4.78, 5) is 23.3. The minimum absolute atomic E-state index is 0.0963. The Bertz CT molecular complexity index is 1040. The molecule has 1 saturated heterocycles. The number of aromatic nitrogens is 2. The monoisotopic (exact) mass is 425 g/mol. The predicted octanol–water partition coefficient (Wildman–Crippen LogP) is 4.35. The molecule has 0 bridgehead atoms. The second-order valence-electron chi connectivity index (χ2n) is 7.42. The number of pyridine rings is 2. The number of esters is 1. The van der Waals surface area contributed by atoms with E-state index in [0.29, 0.717) is 54.0 Å². The van der Waals surface area contributed by atoms with Gasteiger partial charge in [0, 0.05) is 23.3 Å². The standard InChI is InChI=1S/C23H24ClN3O3/c1-2-30-23(29)15-8-12-27(13-9-15)21(19-7-3-4-10-25-19)17-14-18(24)16-6-5-11-26-20(16)22(17)28/h3-7,10-11,14-15,21,28H,2,8-9,12-13H2,1H3/t21-/m0/s1. The zero-order valence-corrected chi connectivity index (χ0v) is 17.5. The summed E-state index contributed by atoms with van der Waals surface area (Å²) in [5, 5.41) is 12.3. The Labute approximate surface area is 180 Å². The van der Waals surface area contributed by atoms with Gasteiger partial charge in [0.15, 0.2) is 0 Å². The van der Waals surface area contributed by atoms with Gasteiger partial charge in [-0.15, -0.1) is 0 Å². The van der Waals surface area contributed by atoms with E-state index in [-0.39, 0.29) is 23.7 Å². The van der Waals surface area contributed by atoms with Crippen LogP contribution in [0.15, 0.2) is 48.8 Å². The maximum atomic E-state index is 12.1. The summed E-state index contributed by atoms with van der Waals surface area (Å²) in [7, 11) is 0. The lowest BCUT2D eigenvalue weighted by Crippen LogP contribution is -2.40. The van der Waals surface area contributed by atoms with Gasteiger partial charge in [0.1, 0.15) is 11.3 Å². The van der Waals surface area contributed by atoms with Crippen molar-refractivity contribution in [2.45, 2.75) is 25.8 Å². The molecule has 0 unspecified atom stereocenters. The quantitative estimate of drug-likeness (QED) is 0.612. The van der Waals surface area contributed by atoms with E-state index in [9.17, 15) is 9.90 Å². The van der Waals surface area contributed by atoms with E-state index in [1.54, 1.807) is 24.5 Å². The molecule has 3 heterocycles. The van der Waals surface area contributed by atoms with Crippen LogP contribution in [0.4, 0.5) is 0 Å². The molecule has 2 aromatic heterocycles. The van der Waals surface area contributed by atoms with Gasteiger partial charge in [-0.25, -0.2) is 0 Å². The van der Waals surface area contributed by atoms with E-state index in [2.05, 4.69) is 14.9 Å². The number of benzene rings is 1. The van der Waals surface area contributed by atoms with E-state index >= 15 is 0 Å². The summed E-state index contributed by atoms with van der Waals surface area (Å²) in [6, 6.07) is 10.9. The molecule has 1 aromatic carbocycles. The minimum Gasteiger partial charge on any atom is -0.505 e. The number of fused-ring (bicyclic) bond motifs is 1. The fourth-order valence-corrected chi connectivity index (χ4v) is 4.42. The Hall–Kier alpha value is -2.70. The van der Waals surface area contributed by atoms with E-state index in [4.69, 9.17) is 16.3 Å². The summed E-state index contributed by atoms with van der Waals surface area (Å²) < 4.78 is 5.19. The molecule has 0 spiro atoms. The number of carbonyl (C=O) groups is 1. The maximum absolute atomic E-state index is 12.1. The van der Waals surface area contributed by atoms with Gasteiger partial charge in [0.05, 0.1) is 29.3 Å². The van der Waals surface area contributed by atoms with Crippen molar-refractivity contribution in [2.24, 2.45) is 5.92 Å². The average Bonchev–Trinajstić information content (AvgIpc) is 2.79. The molecule has 30 heavy (non-hydrogen) atoms. The van der Waals surface area contributed by atoms with Crippen molar-refractivity contribution in [1.29, 1.82) is 0 Å². The molecule has 0 amide bonds. The van der Waals surface area contributed by atoms with Gasteiger partial charge in [0.2, 0.25) is 0 Å².